The maximum absolute atomic E-state index is 13.0. The Morgan fingerprint density at radius 3 is 2.95 bits per heavy atom. The van der Waals surface area contributed by atoms with Gasteiger partial charge in [0.1, 0.15) is 5.82 Å². The Labute approximate surface area is 133 Å². The van der Waals surface area contributed by atoms with E-state index in [1.165, 1.54) is 12.1 Å². The topological polar surface area (TPSA) is 41.1 Å². The Morgan fingerprint density at radius 2 is 2.30 bits per heavy atom. The van der Waals surface area contributed by atoms with Gasteiger partial charge in [-0.05, 0) is 44.0 Å². The average Bonchev–Trinajstić information content (AvgIpc) is 2.37. The number of carbonyl (C=O) groups excluding carboxylic acids is 1. The SMILES string of the molecule is C[C@H]1C[C@@H](C(=O)NCc2ccc(F)cc2Br)CCN1.Cl. The van der Waals surface area contributed by atoms with E-state index in [2.05, 4.69) is 33.5 Å². The number of halogens is 3. The largest absolute Gasteiger partial charge is 0.352 e. The Balaban J connectivity index is 0.00000200. The summed E-state index contributed by atoms with van der Waals surface area (Å²) in [4.78, 5) is 12.1. The number of amides is 1. The van der Waals surface area contributed by atoms with Crippen LogP contribution < -0.4 is 10.6 Å². The van der Waals surface area contributed by atoms with Crippen molar-refractivity contribution in [2.24, 2.45) is 5.92 Å². The van der Waals surface area contributed by atoms with Crippen molar-refractivity contribution in [3.05, 3.63) is 34.1 Å². The minimum atomic E-state index is -0.283. The maximum atomic E-state index is 13.0. The minimum absolute atomic E-state index is 0. The van der Waals surface area contributed by atoms with E-state index in [0.717, 1.165) is 24.9 Å². The second-order valence-electron chi connectivity index (χ2n) is 5.03. The fourth-order valence-electron chi connectivity index (χ4n) is 2.36. The zero-order chi connectivity index (χ0) is 13.8. The van der Waals surface area contributed by atoms with Crippen LogP contribution in [0.1, 0.15) is 25.3 Å². The van der Waals surface area contributed by atoms with E-state index in [1.807, 2.05) is 0 Å². The second kappa shape index (κ2) is 7.96. The molecule has 0 radical (unpaired) electrons. The van der Waals surface area contributed by atoms with E-state index >= 15 is 0 Å². The number of nitrogens with one attached hydrogen (secondary N) is 2. The van der Waals surface area contributed by atoms with E-state index in [9.17, 15) is 9.18 Å². The molecule has 0 bridgehead atoms. The lowest BCUT2D eigenvalue weighted by atomic mass is 9.92. The number of piperidine rings is 1. The molecule has 6 heteroatoms. The van der Waals surface area contributed by atoms with Gasteiger partial charge in [-0.25, -0.2) is 4.39 Å². The van der Waals surface area contributed by atoms with E-state index in [-0.39, 0.29) is 30.0 Å². The van der Waals surface area contributed by atoms with Crippen molar-refractivity contribution in [1.82, 2.24) is 10.6 Å². The predicted octanol–water partition coefficient (Wildman–Crippen LogP) is 3.01. The first kappa shape index (κ1) is 17.4. The van der Waals surface area contributed by atoms with Crippen LogP contribution in [0.5, 0.6) is 0 Å². The molecule has 112 valence electrons. The summed E-state index contributed by atoms with van der Waals surface area (Å²) < 4.78 is 13.6. The Kier molecular flexibility index (Phi) is 6.92. The molecular weight excluding hydrogens is 347 g/mol. The molecule has 2 rings (SSSR count). The van der Waals surface area contributed by atoms with Crippen molar-refractivity contribution in [3.63, 3.8) is 0 Å². The van der Waals surface area contributed by atoms with Gasteiger partial charge in [0, 0.05) is 23.0 Å². The third-order valence-electron chi connectivity index (χ3n) is 3.46. The molecular formula is C14H19BrClFN2O. The molecule has 1 amide bonds. The van der Waals surface area contributed by atoms with Gasteiger partial charge < -0.3 is 10.6 Å². The minimum Gasteiger partial charge on any atom is -0.352 e. The van der Waals surface area contributed by atoms with Crippen LogP contribution in [0, 0.1) is 11.7 Å². The van der Waals surface area contributed by atoms with Crippen LogP contribution in [-0.4, -0.2) is 18.5 Å². The highest BCUT2D eigenvalue weighted by Crippen LogP contribution is 2.19. The zero-order valence-electron chi connectivity index (χ0n) is 11.3. The molecule has 20 heavy (non-hydrogen) atoms. The van der Waals surface area contributed by atoms with Crippen LogP contribution >= 0.6 is 28.3 Å². The molecule has 0 saturated carbocycles. The molecule has 0 unspecified atom stereocenters. The van der Waals surface area contributed by atoms with E-state index in [1.54, 1.807) is 6.07 Å². The summed E-state index contributed by atoms with van der Waals surface area (Å²) in [6, 6.07) is 4.89. The summed E-state index contributed by atoms with van der Waals surface area (Å²) in [6.45, 7) is 3.41. The first-order chi connectivity index (χ1) is 9.06. The van der Waals surface area contributed by atoms with E-state index in [0.29, 0.717) is 17.1 Å². The first-order valence-corrected chi connectivity index (χ1v) is 7.30. The summed E-state index contributed by atoms with van der Waals surface area (Å²) in [5.74, 6) is -0.116. The summed E-state index contributed by atoms with van der Waals surface area (Å²) in [5.41, 5.74) is 0.886. The van der Waals surface area contributed by atoms with Crippen LogP contribution in [0.4, 0.5) is 4.39 Å². The quantitative estimate of drug-likeness (QED) is 0.864. The summed E-state index contributed by atoms with van der Waals surface area (Å²) >= 11 is 3.30. The molecule has 1 fully saturated rings. The number of benzene rings is 1. The van der Waals surface area contributed by atoms with Crippen LogP contribution in [-0.2, 0) is 11.3 Å². The highest BCUT2D eigenvalue weighted by molar-refractivity contribution is 9.10. The third kappa shape index (κ3) is 4.72. The summed E-state index contributed by atoms with van der Waals surface area (Å²) in [5, 5.41) is 6.26. The molecule has 1 aromatic carbocycles. The third-order valence-corrected chi connectivity index (χ3v) is 4.20. The van der Waals surface area contributed by atoms with E-state index in [4.69, 9.17) is 0 Å². The Morgan fingerprint density at radius 1 is 1.55 bits per heavy atom. The van der Waals surface area contributed by atoms with Gasteiger partial charge in [0.05, 0.1) is 0 Å². The molecule has 0 aromatic heterocycles. The van der Waals surface area contributed by atoms with Crippen molar-refractivity contribution in [3.8, 4) is 0 Å². The molecule has 0 aliphatic carbocycles. The van der Waals surface area contributed by atoms with Gasteiger partial charge in [-0.15, -0.1) is 12.4 Å². The normalized spacial score (nSPS) is 21.9. The number of carbonyl (C=O) groups is 1. The van der Waals surface area contributed by atoms with Crippen molar-refractivity contribution < 1.29 is 9.18 Å². The van der Waals surface area contributed by atoms with Gasteiger partial charge in [0.25, 0.3) is 0 Å². The fourth-order valence-corrected chi connectivity index (χ4v) is 2.85. The summed E-state index contributed by atoms with van der Waals surface area (Å²) in [7, 11) is 0. The lowest BCUT2D eigenvalue weighted by Gasteiger charge is -2.27. The van der Waals surface area contributed by atoms with Crippen molar-refractivity contribution in [2.75, 3.05) is 6.54 Å². The van der Waals surface area contributed by atoms with Gasteiger partial charge in [-0.3, -0.25) is 4.79 Å². The fraction of sp³-hybridized carbons (Fsp3) is 0.500. The molecule has 1 heterocycles. The van der Waals surface area contributed by atoms with Crippen LogP contribution in [0.2, 0.25) is 0 Å². The van der Waals surface area contributed by atoms with Crippen molar-refractivity contribution in [2.45, 2.75) is 32.4 Å². The molecule has 3 nitrogen and oxygen atoms in total. The molecule has 2 N–H and O–H groups in total. The van der Waals surface area contributed by atoms with Crippen molar-refractivity contribution >= 4 is 34.2 Å². The lowest BCUT2D eigenvalue weighted by Crippen LogP contribution is -2.42. The zero-order valence-corrected chi connectivity index (χ0v) is 13.7. The van der Waals surface area contributed by atoms with Crippen molar-refractivity contribution in [1.29, 1.82) is 0 Å². The highest BCUT2D eigenvalue weighted by atomic mass is 79.9. The standard InChI is InChI=1S/C14H18BrFN2O.ClH/c1-9-6-10(4-5-17-9)14(19)18-8-11-2-3-12(16)7-13(11)15;/h2-3,7,9-10,17H,4-6,8H2,1H3,(H,18,19);1H/t9-,10-;/m0./s1. The van der Waals surface area contributed by atoms with Gasteiger partial charge >= 0.3 is 0 Å². The smallest absolute Gasteiger partial charge is 0.223 e. The van der Waals surface area contributed by atoms with E-state index < -0.39 is 0 Å². The lowest BCUT2D eigenvalue weighted by molar-refractivity contribution is -0.126. The molecule has 1 aliphatic heterocycles. The number of rotatable bonds is 3. The van der Waals surface area contributed by atoms with Gasteiger partial charge in [0.15, 0.2) is 0 Å². The Bertz CT molecular complexity index is 472. The molecule has 1 aliphatic rings. The van der Waals surface area contributed by atoms with Crippen LogP contribution in [0.15, 0.2) is 22.7 Å². The Hall–Kier alpha value is -0.650. The molecule has 0 spiro atoms. The van der Waals surface area contributed by atoms with Gasteiger partial charge in [-0.1, -0.05) is 22.0 Å². The van der Waals surface area contributed by atoms with Gasteiger partial charge in [-0.2, -0.15) is 0 Å². The second-order valence-corrected chi connectivity index (χ2v) is 5.88. The maximum Gasteiger partial charge on any atom is 0.223 e. The highest BCUT2D eigenvalue weighted by Gasteiger charge is 2.24. The first-order valence-electron chi connectivity index (χ1n) is 6.51. The monoisotopic (exact) mass is 364 g/mol. The predicted molar refractivity (Wildman–Crippen MR) is 83.4 cm³/mol. The molecule has 1 aromatic rings. The average molecular weight is 366 g/mol. The van der Waals surface area contributed by atoms with Gasteiger partial charge in [0.2, 0.25) is 5.91 Å². The number of hydrogen-bond acceptors (Lipinski definition) is 2. The van der Waals surface area contributed by atoms with Crippen LogP contribution in [0.25, 0.3) is 0 Å². The molecule has 1 saturated heterocycles. The molecule has 2 atom stereocenters. The number of hydrogen-bond donors (Lipinski definition) is 2. The van der Waals surface area contributed by atoms with Crippen LogP contribution in [0.3, 0.4) is 0 Å². The summed E-state index contributed by atoms with van der Waals surface area (Å²) in [6.07, 6.45) is 1.75.